The summed E-state index contributed by atoms with van der Waals surface area (Å²) >= 11 is 0. The zero-order valence-corrected chi connectivity index (χ0v) is 13.2. The van der Waals surface area contributed by atoms with E-state index in [1.54, 1.807) is 0 Å². The quantitative estimate of drug-likeness (QED) is 0.540. The van der Waals surface area contributed by atoms with E-state index < -0.39 is 0 Å². The summed E-state index contributed by atoms with van der Waals surface area (Å²) in [5.41, 5.74) is 3.27. The minimum atomic E-state index is 0.188. The third-order valence-corrected chi connectivity index (χ3v) is 4.14. The number of Topliss-reactive ketones (excluding diaryl/α,β-unsaturated/α-hetero) is 1. The van der Waals surface area contributed by atoms with Crippen LogP contribution in [0.4, 0.5) is 5.69 Å². The molecular formula is C17H27N3O. The number of nitrogens with one attached hydrogen (secondary N) is 2. The van der Waals surface area contributed by atoms with Crippen molar-refractivity contribution in [3.63, 3.8) is 0 Å². The van der Waals surface area contributed by atoms with Crippen molar-refractivity contribution in [2.45, 2.75) is 26.7 Å². The highest BCUT2D eigenvalue weighted by Gasteiger charge is 2.13. The lowest BCUT2D eigenvalue weighted by Crippen LogP contribution is -2.29. The van der Waals surface area contributed by atoms with Crippen molar-refractivity contribution in [3.05, 3.63) is 29.3 Å². The summed E-state index contributed by atoms with van der Waals surface area (Å²) < 4.78 is 0. The highest BCUT2D eigenvalue weighted by molar-refractivity contribution is 5.98. The molecule has 0 amide bonds. The van der Waals surface area contributed by atoms with Gasteiger partial charge in [-0.15, -0.1) is 0 Å². The van der Waals surface area contributed by atoms with Gasteiger partial charge in [-0.05, 0) is 62.8 Å². The van der Waals surface area contributed by atoms with Gasteiger partial charge in [0.25, 0.3) is 0 Å². The number of hydrogen-bond donors (Lipinski definition) is 2. The number of carbonyl (C=O) groups excluding carboxylic acids is 1. The number of carbonyl (C=O) groups is 1. The zero-order chi connectivity index (χ0) is 15.1. The topological polar surface area (TPSA) is 44.4 Å². The summed E-state index contributed by atoms with van der Waals surface area (Å²) in [5.74, 6) is 0.188. The number of nitrogens with zero attached hydrogens (tertiary/aromatic N) is 1. The van der Waals surface area contributed by atoms with E-state index in [2.05, 4.69) is 29.4 Å². The predicted octanol–water partition coefficient (Wildman–Crippen LogP) is 2.16. The maximum Gasteiger partial charge on any atom is 0.176 e. The lowest BCUT2D eigenvalue weighted by atomic mass is 10.1. The van der Waals surface area contributed by atoms with Crippen LogP contribution in [-0.4, -0.2) is 50.0 Å². The van der Waals surface area contributed by atoms with Crippen LogP contribution in [0.15, 0.2) is 18.2 Å². The molecule has 0 fully saturated rings. The van der Waals surface area contributed by atoms with Gasteiger partial charge in [0.1, 0.15) is 0 Å². The van der Waals surface area contributed by atoms with Crippen LogP contribution in [0.25, 0.3) is 0 Å². The third-order valence-electron chi connectivity index (χ3n) is 4.14. The standard InChI is InChI=1S/C17H27N3O/c1-3-20(4-2)11-5-9-18-13-17(21)15-6-7-16-14(12-15)8-10-19-16/h6-7,12,18-19H,3-5,8-11,13H2,1-2H3. The Morgan fingerprint density at radius 1 is 1.33 bits per heavy atom. The maximum absolute atomic E-state index is 12.2. The molecule has 1 aromatic rings. The molecule has 4 heteroatoms. The van der Waals surface area contributed by atoms with Gasteiger partial charge in [-0.25, -0.2) is 0 Å². The lowest BCUT2D eigenvalue weighted by Gasteiger charge is -2.17. The van der Waals surface area contributed by atoms with Crippen LogP contribution in [0.5, 0.6) is 0 Å². The first-order chi connectivity index (χ1) is 10.2. The van der Waals surface area contributed by atoms with E-state index in [9.17, 15) is 4.79 Å². The number of benzene rings is 1. The fourth-order valence-electron chi connectivity index (χ4n) is 2.75. The van der Waals surface area contributed by atoms with Gasteiger partial charge in [-0.3, -0.25) is 4.79 Å². The summed E-state index contributed by atoms with van der Waals surface area (Å²) in [5, 5.41) is 6.58. The van der Waals surface area contributed by atoms with Gasteiger partial charge in [0.2, 0.25) is 0 Å². The molecule has 0 aromatic heterocycles. The van der Waals surface area contributed by atoms with Gasteiger partial charge in [-0.2, -0.15) is 0 Å². The van der Waals surface area contributed by atoms with Crippen LogP contribution in [0, 0.1) is 0 Å². The van der Waals surface area contributed by atoms with E-state index in [1.165, 1.54) is 11.3 Å². The van der Waals surface area contributed by atoms with Gasteiger partial charge in [-0.1, -0.05) is 13.8 Å². The Hall–Kier alpha value is -1.39. The largest absolute Gasteiger partial charge is 0.384 e. The predicted molar refractivity (Wildman–Crippen MR) is 88.2 cm³/mol. The Kier molecular flexibility index (Phi) is 6.21. The van der Waals surface area contributed by atoms with Crippen molar-refractivity contribution >= 4 is 11.5 Å². The van der Waals surface area contributed by atoms with Crippen LogP contribution >= 0.6 is 0 Å². The van der Waals surface area contributed by atoms with Gasteiger partial charge >= 0.3 is 0 Å². The molecule has 0 spiro atoms. The van der Waals surface area contributed by atoms with Gasteiger partial charge in [0.15, 0.2) is 5.78 Å². The maximum atomic E-state index is 12.2. The second-order valence-electron chi connectivity index (χ2n) is 5.53. The van der Waals surface area contributed by atoms with Crippen molar-refractivity contribution in [3.8, 4) is 0 Å². The average molecular weight is 289 g/mol. The monoisotopic (exact) mass is 289 g/mol. The molecule has 1 aromatic carbocycles. The molecule has 0 radical (unpaired) electrons. The minimum absolute atomic E-state index is 0.188. The Morgan fingerprint density at radius 2 is 2.14 bits per heavy atom. The third kappa shape index (κ3) is 4.55. The molecule has 0 unspecified atom stereocenters. The Bertz CT molecular complexity index is 469. The van der Waals surface area contributed by atoms with Crippen LogP contribution in [-0.2, 0) is 6.42 Å². The van der Waals surface area contributed by atoms with E-state index in [0.29, 0.717) is 6.54 Å². The lowest BCUT2D eigenvalue weighted by molar-refractivity contribution is 0.0991. The highest BCUT2D eigenvalue weighted by Crippen LogP contribution is 2.23. The normalized spacial score (nSPS) is 13.3. The summed E-state index contributed by atoms with van der Waals surface area (Å²) in [6, 6.07) is 5.99. The fraction of sp³-hybridized carbons (Fsp3) is 0.588. The Labute approximate surface area is 127 Å². The van der Waals surface area contributed by atoms with Gasteiger partial charge in [0.05, 0.1) is 6.54 Å². The van der Waals surface area contributed by atoms with Crippen molar-refractivity contribution in [1.29, 1.82) is 0 Å². The molecule has 1 aliphatic rings. The second kappa shape index (κ2) is 8.15. The first-order valence-electron chi connectivity index (χ1n) is 8.07. The summed E-state index contributed by atoms with van der Waals surface area (Å²) in [4.78, 5) is 14.6. The van der Waals surface area contributed by atoms with Crippen LogP contribution < -0.4 is 10.6 Å². The Morgan fingerprint density at radius 3 is 2.90 bits per heavy atom. The number of ketones is 1. The second-order valence-corrected chi connectivity index (χ2v) is 5.53. The zero-order valence-electron chi connectivity index (χ0n) is 13.2. The molecule has 4 nitrogen and oxygen atoms in total. The molecule has 0 saturated carbocycles. The number of anilines is 1. The van der Waals surface area contributed by atoms with Crippen LogP contribution in [0.2, 0.25) is 0 Å². The molecular weight excluding hydrogens is 262 g/mol. The van der Waals surface area contributed by atoms with Gasteiger partial charge < -0.3 is 15.5 Å². The average Bonchev–Trinajstić information content (AvgIpc) is 2.98. The summed E-state index contributed by atoms with van der Waals surface area (Å²) in [7, 11) is 0. The van der Waals surface area contributed by atoms with Crippen LogP contribution in [0.1, 0.15) is 36.2 Å². The molecule has 0 aliphatic carbocycles. The molecule has 0 bridgehead atoms. The first kappa shape index (κ1) is 16.0. The molecule has 1 aliphatic heterocycles. The molecule has 116 valence electrons. The molecule has 1 heterocycles. The smallest absolute Gasteiger partial charge is 0.176 e. The Balaban J connectivity index is 1.70. The first-order valence-corrected chi connectivity index (χ1v) is 8.07. The van der Waals surface area contributed by atoms with E-state index in [0.717, 1.165) is 51.1 Å². The molecule has 21 heavy (non-hydrogen) atoms. The van der Waals surface area contributed by atoms with Crippen molar-refractivity contribution in [1.82, 2.24) is 10.2 Å². The minimum Gasteiger partial charge on any atom is -0.384 e. The van der Waals surface area contributed by atoms with E-state index in [-0.39, 0.29) is 5.78 Å². The number of rotatable bonds is 9. The van der Waals surface area contributed by atoms with Crippen molar-refractivity contribution in [2.24, 2.45) is 0 Å². The molecule has 0 atom stereocenters. The van der Waals surface area contributed by atoms with Gasteiger partial charge in [0, 0.05) is 17.8 Å². The summed E-state index contributed by atoms with van der Waals surface area (Å²) in [6.07, 6.45) is 2.11. The number of fused-ring (bicyclic) bond motifs is 1. The van der Waals surface area contributed by atoms with Crippen molar-refractivity contribution < 1.29 is 4.79 Å². The summed E-state index contributed by atoms with van der Waals surface area (Å²) in [6.45, 7) is 9.97. The van der Waals surface area contributed by atoms with Crippen molar-refractivity contribution in [2.75, 3.05) is 44.6 Å². The fourth-order valence-corrected chi connectivity index (χ4v) is 2.75. The highest BCUT2D eigenvalue weighted by atomic mass is 16.1. The number of hydrogen-bond acceptors (Lipinski definition) is 4. The van der Waals surface area contributed by atoms with Crippen LogP contribution in [0.3, 0.4) is 0 Å². The van der Waals surface area contributed by atoms with E-state index >= 15 is 0 Å². The molecule has 2 rings (SSSR count). The molecule has 0 saturated heterocycles. The molecule has 2 N–H and O–H groups in total. The van der Waals surface area contributed by atoms with E-state index in [4.69, 9.17) is 0 Å². The van der Waals surface area contributed by atoms with E-state index in [1.807, 2.05) is 18.2 Å². The SMILES string of the molecule is CCN(CC)CCCNCC(=O)c1ccc2c(c1)CCN2.